The topological polar surface area (TPSA) is 205 Å². The number of hydrogen-bond donors (Lipinski definition) is 2. The predicted octanol–water partition coefficient (Wildman–Crippen LogP) is 0.958. The van der Waals surface area contributed by atoms with Crippen LogP contribution in [0.3, 0.4) is 0 Å². The lowest BCUT2D eigenvalue weighted by Crippen LogP contribution is -2.68. The van der Waals surface area contributed by atoms with Gasteiger partial charge in [-0.2, -0.15) is 21.4 Å². The fourth-order valence-electron chi connectivity index (χ4n) is 6.75. The maximum absolute atomic E-state index is 12.8. The molecule has 248 valence electrons. The van der Waals surface area contributed by atoms with E-state index in [4.69, 9.17) is 18.6 Å². The molecule has 0 saturated carbocycles. The van der Waals surface area contributed by atoms with Gasteiger partial charge in [0.05, 0.1) is 4.90 Å². The Morgan fingerprint density at radius 2 is 1.08 bits per heavy atom. The molecule has 0 atom stereocenters. The van der Waals surface area contributed by atoms with Crippen LogP contribution in [0.15, 0.2) is 107 Å². The van der Waals surface area contributed by atoms with Crippen LogP contribution in [-0.2, 0) is 52.5 Å². The molecule has 0 saturated heterocycles. The molecule has 0 radical (unpaired) electrons. The van der Waals surface area contributed by atoms with Crippen LogP contribution in [0.4, 0.5) is 0 Å². The third kappa shape index (κ3) is 6.91. The predicted molar refractivity (Wildman–Crippen MR) is 163 cm³/mol. The molecule has 4 aromatic carbocycles. The van der Waals surface area contributed by atoms with E-state index in [9.17, 15) is 25.9 Å². The standard InChI is InChI=1S/C34H27NO6S2.ClHO4/c36-42(37,38)25-16-19-28(31(20-25)43(39,40)41)32-29-17-14-23-10-4-6-12-26(23)33(29)35(21-22-8-2-1-3-9-22)34-27-13-7-5-11-24(27)15-18-30(32)34;2-1(3,4)5/h1-13,16,19-20H,14-15,17-18,21H2,(H-,36,37,38,39,40,41);(H,2,3,4,5). The first-order chi connectivity index (χ1) is 22.6. The third-order valence-electron chi connectivity index (χ3n) is 8.53. The van der Waals surface area contributed by atoms with Crippen molar-refractivity contribution in [1.29, 1.82) is 0 Å². The summed E-state index contributed by atoms with van der Waals surface area (Å²) in [5.74, 6) is 0. The Hall–Kier alpha value is -4.02. The van der Waals surface area contributed by atoms with Crippen LogP contribution >= 0.6 is 0 Å². The van der Waals surface area contributed by atoms with Crippen molar-refractivity contribution >= 4 is 20.2 Å². The monoisotopic (exact) mass is 709 g/mol. The van der Waals surface area contributed by atoms with Gasteiger partial charge in [0.1, 0.15) is 4.90 Å². The van der Waals surface area contributed by atoms with Gasteiger partial charge >= 0.3 is 0 Å². The first-order valence-electron chi connectivity index (χ1n) is 14.6. The van der Waals surface area contributed by atoms with Crippen molar-refractivity contribution in [2.75, 3.05) is 0 Å². The number of benzene rings is 4. The molecule has 0 amide bonds. The molecule has 0 fully saturated rings. The van der Waals surface area contributed by atoms with Gasteiger partial charge < -0.3 is 0 Å². The Labute approximate surface area is 279 Å². The van der Waals surface area contributed by atoms with E-state index in [1.165, 1.54) is 23.3 Å². The smallest absolute Gasteiger partial charge is 0.282 e. The van der Waals surface area contributed by atoms with E-state index in [1.54, 1.807) is 0 Å². The van der Waals surface area contributed by atoms with E-state index in [0.717, 1.165) is 58.1 Å². The van der Waals surface area contributed by atoms with Gasteiger partial charge in [-0.05, 0) is 61.1 Å². The Morgan fingerprint density at radius 1 is 0.604 bits per heavy atom. The molecule has 2 aliphatic carbocycles. The molecule has 11 nitrogen and oxygen atoms in total. The maximum Gasteiger partial charge on any atom is 0.295 e. The van der Waals surface area contributed by atoms with Crippen LogP contribution in [0.1, 0.15) is 27.8 Å². The fraction of sp³-hybridized carbons (Fsp3) is 0.147. The number of hydrogen-bond acceptors (Lipinski definition) is 8. The van der Waals surface area contributed by atoms with Crippen molar-refractivity contribution in [3.8, 4) is 33.6 Å². The number of aryl methyl sites for hydroxylation is 2. The van der Waals surface area contributed by atoms with Crippen molar-refractivity contribution < 1.29 is 59.4 Å². The summed E-state index contributed by atoms with van der Waals surface area (Å²) in [6, 6.07) is 30.1. The zero-order valence-electron chi connectivity index (χ0n) is 25.1. The van der Waals surface area contributed by atoms with E-state index < -0.39 is 40.3 Å². The second kappa shape index (κ2) is 12.8. The fourth-order valence-corrected chi connectivity index (χ4v) is 8.05. The van der Waals surface area contributed by atoms with Gasteiger partial charge in [0.25, 0.3) is 20.2 Å². The van der Waals surface area contributed by atoms with Crippen molar-refractivity contribution in [2.45, 2.75) is 42.0 Å². The minimum atomic E-state index is -4.94. The van der Waals surface area contributed by atoms with Crippen molar-refractivity contribution in [2.24, 2.45) is 0 Å². The van der Waals surface area contributed by atoms with Crippen LogP contribution in [0.5, 0.6) is 0 Å². The molecule has 14 heteroatoms. The van der Waals surface area contributed by atoms with Crippen LogP contribution in [-0.4, -0.2) is 25.9 Å². The normalized spacial score (nSPS) is 13.7. The molecule has 2 aliphatic rings. The van der Waals surface area contributed by atoms with Gasteiger partial charge in [-0.25, -0.2) is 18.6 Å². The lowest BCUT2D eigenvalue weighted by molar-refractivity contribution is -2.00. The summed E-state index contributed by atoms with van der Waals surface area (Å²) in [7, 11) is -14.5. The zero-order chi connectivity index (χ0) is 34.4. The van der Waals surface area contributed by atoms with E-state index in [0.29, 0.717) is 24.9 Å². The summed E-state index contributed by atoms with van der Waals surface area (Å²) < 4.78 is 106. The van der Waals surface area contributed by atoms with Gasteiger partial charge in [-0.15, -0.1) is 10.2 Å². The highest BCUT2D eigenvalue weighted by Gasteiger charge is 2.39. The average Bonchev–Trinajstić information content (AvgIpc) is 3.03. The highest BCUT2D eigenvalue weighted by Crippen LogP contribution is 2.46. The van der Waals surface area contributed by atoms with E-state index in [1.807, 2.05) is 42.5 Å². The van der Waals surface area contributed by atoms with Crippen molar-refractivity contribution in [1.82, 2.24) is 0 Å². The first-order valence-corrected chi connectivity index (χ1v) is 18.8. The lowest BCUT2D eigenvalue weighted by atomic mass is 9.77. The maximum atomic E-state index is 12.8. The van der Waals surface area contributed by atoms with E-state index in [-0.39, 0.29) is 5.56 Å². The molecule has 0 unspecified atom stereocenters. The Balaban J connectivity index is 0.000000749. The number of pyridine rings is 1. The summed E-state index contributed by atoms with van der Waals surface area (Å²) in [5, 5.41) is 0. The molecule has 1 heterocycles. The minimum Gasteiger partial charge on any atom is -0.282 e. The number of rotatable bonds is 5. The number of nitrogens with zero attached hydrogens (tertiary/aromatic N) is 1. The van der Waals surface area contributed by atoms with Crippen LogP contribution in [0.2, 0.25) is 0 Å². The summed E-state index contributed by atoms with van der Waals surface area (Å²) in [6.45, 7) is 0.585. The summed E-state index contributed by atoms with van der Waals surface area (Å²) in [6.07, 6.45) is 2.72. The third-order valence-corrected chi connectivity index (χ3v) is 10.3. The molecule has 0 spiro atoms. The Kier molecular flexibility index (Phi) is 9.02. The minimum absolute atomic E-state index is 0.216. The lowest BCUT2D eigenvalue weighted by Gasteiger charge is -2.29. The SMILES string of the molecule is O=S(=O)(O)c1ccc(-c2c3c([n+](Cc4ccccc4)c4c2CCc2ccccc2-4)-c2ccccc2CC3)c(S(=O)(=O)O)c1.[O-][Cl+3]([O-])([O-])[O-]. The first kappa shape index (κ1) is 33.9. The summed E-state index contributed by atoms with van der Waals surface area (Å²) in [5.41, 5.74) is 10.3. The molecular weight excluding hydrogens is 682 g/mol. The summed E-state index contributed by atoms with van der Waals surface area (Å²) in [4.78, 5) is -1.15. The molecule has 2 N–H and O–H groups in total. The van der Waals surface area contributed by atoms with Crippen LogP contribution in [0, 0.1) is 10.2 Å². The zero-order valence-corrected chi connectivity index (χ0v) is 27.5. The van der Waals surface area contributed by atoms with Crippen LogP contribution in [0.25, 0.3) is 33.6 Å². The Bertz CT molecular complexity index is 2190. The van der Waals surface area contributed by atoms with Gasteiger partial charge in [-0.3, -0.25) is 9.11 Å². The second-order valence-corrected chi connectivity index (χ2v) is 15.0. The molecular formula is C34H28ClNO10S2. The molecule has 1 aromatic heterocycles. The average molecular weight is 710 g/mol. The molecule has 7 rings (SSSR count). The highest BCUT2D eigenvalue weighted by molar-refractivity contribution is 7.86. The van der Waals surface area contributed by atoms with E-state index >= 15 is 0 Å². The summed E-state index contributed by atoms with van der Waals surface area (Å²) >= 11 is 0. The highest BCUT2D eigenvalue weighted by atomic mass is 35.7. The number of aromatic nitrogens is 1. The van der Waals surface area contributed by atoms with Crippen molar-refractivity contribution in [3.05, 3.63) is 125 Å². The van der Waals surface area contributed by atoms with Gasteiger partial charge in [0.2, 0.25) is 11.4 Å². The van der Waals surface area contributed by atoms with Gasteiger partial charge in [0, 0.05) is 38.9 Å². The molecule has 48 heavy (non-hydrogen) atoms. The molecule has 0 bridgehead atoms. The van der Waals surface area contributed by atoms with Gasteiger partial charge in [0.15, 0.2) is 6.54 Å². The molecule has 0 aliphatic heterocycles. The Morgan fingerprint density at radius 3 is 1.56 bits per heavy atom. The van der Waals surface area contributed by atoms with Crippen LogP contribution < -0.4 is 23.2 Å². The van der Waals surface area contributed by atoms with Gasteiger partial charge in [-0.1, -0.05) is 72.8 Å². The quantitative estimate of drug-likeness (QED) is 0.195. The second-order valence-electron chi connectivity index (χ2n) is 11.4. The van der Waals surface area contributed by atoms with E-state index in [2.05, 4.69) is 41.0 Å². The largest absolute Gasteiger partial charge is 0.295 e. The number of fused-ring (bicyclic) bond motifs is 6. The molecule has 5 aromatic rings. The van der Waals surface area contributed by atoms with Crippen molar-refractivity contribution in [3.63, 3.8) is 0 Å². The number of halogens is 1.